The van der Waals surface area contributed by atoms with E-state index in [9.17, 15) is 13.2 Å². The summed E-state index contributed by atoms with van der Waals surface area (Å²) in [6.45, 7) is 0.880. The number of aryl methyl sites for hydroxylation is 1. The van der Waals surface area contributed by atoms with E-state index >= 15 is 0 Å². The van der Waals surface area contributed by atoms with E-state index in [4.69, 9.17) is 0 Å². The number of hydrogen-bond donors (Lipinski definition) is 0. The first-order valence-electron chi connectivity index (χ1n) is 10.0. The fourth-order valence-corrected chi connectivity index (χ4v) is 3.64. The van der Waals surface area contributed by atoms with Crippen LogP contribution in [0.1, 0.15) is 12.0 Å². The molecule has 0 bridgehead atoms. The molecule has 0 N–H and O–H groups in total. The molecule has 1 nitrogen and oxygen atoms in total. The number of benzene rings is 4. The van der Waals surface area contributed by atoms with Crippen molar-refractivity contribution in [2.24, 2.45) is 0 Å². The SMILES string of the molecule is C=CCCc1ccc2cc(-c3ccc(-c4ccc(OC(F)F)cc4)c(F)c3)ccc2c1. The fraction of sp³-hybridized carbons (Fsp3) is 0.111. The Morgan fingerprint density at radius 2 is 1.42 bits per heavy atom. The second kappa shape index (κ2) is 9.09. The van der Waals surface area contributed by atoms with Crippen molar-refractivity contribution < 1.29 is 17.9 Å². The van der Waals surface area contributed by atoms with Crippen molar-refractivity contribution in [3.05, 3.63) is 103 Å². The van der Waals surface area contributed by atoms with Crippen molar-refractivity contribution >= 4 is 10.8 Å². The molecule has 4 heteroatoms. The Morgan fingerprint density at radius 1 is 0.774 bits per heavy atom. The molecule has 0 amide bonds. The van der Waals surface area contributed by atoms with Gasteiger partial charge < -0.3 is 4.74 Å². The molecule has 156 valence electrons. The standard InChI is InChI=1S/C27H21F3O/c1-2-3-4-18-5-6-21-16-22(8-7-20(21)15-18)23-11-14-25(26(28)17-23)19-9-12-24(13-10-19)31-27(29)30/h2,5-17,27H,1,3-4H2. The molecule has 0 atom stereocenters. The average molecular weight is 418 g/mol. The lowest BCUT2D eigenvalue weighted by atomic mass is 9.96. The number of halogens is 3. The Labute approximate surface area is 179 Å². The monoisotopic (exact) mass is 418 g/mol. The van der Waals surface area contributed by atoms with Gasteiger partial charge in [0.2, 0.25) is 0 Å². The minimum absolute atomic E-state index is 0.0413. The number of allylic oxidation sites excluding steroid dienone is 1. The molecule has 0 aromatic heterocycles. The number of hydrogen-bond acceptors (Lipinski definition) is 1. The van der Waals surface area contributed by atoms with Gasteiger partial charge in [0.1, 0.15) is 11.6 Å². The Balaban J connectivity index is 1.59. The topological polar surface area (TPSA) is 9.23 Å². The smallest absolute Gasteiger partial charge is 0.387 e. The van der Waals surface area contributed by atoms with Crippen LogP contribution in [0.4, 0.5) is 13.2 Å². The van der Waals surface area contributed by atoms with Crippen LogP contribution in [0.15, 0.2) is 91.5 Å². The van der Waals surface area contributed by atoms with E-state index in [1.54, 1.807) is 18.2 Å². The molecular formula is C27H21F3O. The molecule has 0 aliphatic carbocycles. The Hall–Kier alpha value is -3.53. The third-order valence-electron chi connectivity index (χ3n) is 5.23. The molecule has 31 heavy (non-hydrogen) atoms. The maximum atomic E-state index is 14.9. The van der Waals surface area contributed by atoms with Gasteiger partial charge in [-0.15, -0.1) is 6.58 Å². The van der Waals surface area contributed by atoms with Gasteiger partial charge in [0.15, 0.2) is 0 Å². The molecule has 0 heterocycles. The summed E-state index contributed by atoms with van der Waals surface area (Å²) in [6.07, 6.45) is 3.82. The highest BCUT2D eigenvalue weighted by Crippen LogP contribution is 2.31. The van der Waals surface area contributed by atoms with Gasteiger partial charge >= 0.3 is 6.61 Å². The lowest BCUT2D eigenvalue weighted by Gasteiger charge is -2.10. The summed E-state index contributed by atoms with van der Waals surface area (Å²) in [5, 5.41) is 2.24. The van der Waals surface area contributed by atoms with Crippen molar-refractivity contribution in [3.63, 3.8) is 0 Å². The summed E-state index contributed by atoms with van der Waals surface area (Å²) < 4.78 is 43.8. The lowest BCUT2D eigenvalue weighted by molar-refractivity contribution is -0.0498. The van der Waals surface area contributed by atoms with Gasteiger partial charge in [-0.1, -0.05) is 60.7 Å². The van der Waals surface area contributed by atoms with E-state index in [0.717, 1.165) is 34.7 Å². The molecule has 4 aromatic rings. The van der Waals surface area contributed by atoms with Crippen LogP contribution in [0, 0.1) is 5.82 Å². The van der Waals surface area contributed by atoms with Crippen LogP contribution in [0.2, 0.25) is 0 Å². The maximum Gasteiger partial charge on any atom is 0.387 e. The highest BCUT2D eigenvalue weighted by Gasteiger charge is 2.10. The van der Waals surface area contributed by atoms with Crippen LogP contribution >= 0.6 is 0 Å². The number of ether oxygens (including phenoxy) is 1. The third kappa shape index (κ3) is 4.80. The summed E-state index contributed by atoms with van der Waals surface area (Å²) in [6, 6.07) is 23.5. The Bertz CT molecular complexity index is 1210. The highest BCUT2D eigenvalue weighted by atomic mass is 19.3. The number of fused-ring (bicyclic) bond motifs is 1. The second-order valence-corrected chi connectivity index (χ2v) is 7.32. The zero-order valence-corrected chi connectivity index (χ0v) is 16.8. The van der Waals surface area contributed by atoms with Crippen molar-refractivity contribution in [2.45, 2.75) is 19.5 Å². The van der Waals surface area contributed by atoms with E-state index in [1.165, 1.54) is 23.8 Å². The first-order valence-corrected chi connectivity index (χ1v) is 10.0. The largest absolute Gasteiger partial charge is 0.435 e. The molecule has 0 fully saturated rings. The van der Waals surface area contributed by atoms with Crippen molar-refractivity contribution in [1.29, 1.82) is 0 Å². The molecule has 0 radical (unpaired) electrons. The van der Waals surface area contributed by atoms with Gasteiger partial charge in [0.05, 0.1) is 0 Å². The van der Waals surface area contributed by atoms with Crippen LogP contribution in [0.5, 0.6) is 5.75 Å². The number of rotatable bonds is 7. The molecular weight excluding hydrogens is 397 g/mol. The predicted octanol–water partition coefficient (Wildman–Crippen LogP) is 8.03. The quantitative estimate of drug-likeness (QED) is 0.276. The van der Waals surface area contributed by atoms with Crippen LogP contribution in [-0.4, -0.2) is 6.61 Å². The minimum Gasteiger partial charge on any atom is -0.435 e. The molecule has 0 aliphatic rings. The Morgan fingerprint density at radius 3 is 2.13 bits per heavy atom. The summed E-state index contributed by atoms with van der Waals surface area (Å²) in [5.74, 6) is -0.334. The van der Waals surface area contributed by atoms with Crippen molar-refractivity contribution in [2.75, 3.05) is 0 Å². The second-order valence-electron chi connectivity index (χ2n) is 7.32. The summed E-state index contributed by atoms with van der Waals surface area (Å²) in [4.78, 5) is 0. The number of alkyl halides is 2. The zero-order chi connectivity index (χ0) is 21.8. The maximum absolute atomic E-state index is 14.9. The van der Waals surface area contributed by atoms with Crippen LogP contribution in [0.3, 0.4) is 0 Å². The molecule has 0 saturated heterocycles. The summed E-state index contributed by atoms with van der Waals surface area (Å²) >= 11 is 0. The van der Waals surface area contributed by atoms with Crippen LogP contribution < -0.4 is 4.74 Å². The fourth-order valence-electron chi connectivity index (χ4n) is 3.64. The van der Waals surface area contributed by atoms with Gasteiger partial charge in [-0.25, -0.2) is 4.39 Å². The summed E-state index contributed by atoms with van der Waals surface area (Å²) in [7, 11) is 0. The van der Waals surface area contributed by atoms with E-state index in [2.05, 4.69) is 41.6 Å². The van der Waals surface area contributed by atoms with Gasteiger partial charge in [-0.3, -0.25) is 0 Å². The van der Waals surface area contributed by atoms with Crippen molar-refractivity contribution in [3.8, 4) is 28.0 Å². The van der Waals surface area contributed by atoms with Gasteiger partial charge in [0, 0.05) is 5.56 Å². The van der Waals surface area contributed by atoms with Crippen LogP contribution in [0.25, 0.3) is 33.0 Å². The minimum atomic E-state index is -2.89. The Kier molecular flexibility index (Phi) is 6.08. The van der Waals surface area contributed by atoms with E-state index in [-0.39, 0.29) is 11.6 Å². The summed E-state index contributed by atoms with van der Waals surface area (Å²) in [5.41, 5.74) is 3.96. The highest BCUT2D eigenvalue weighted by molar-refractivity contribution is 5.88. The van der Waals surface area contributed by atoms with Crippen molar-refractivity contribution in [1.82, 2.24) is 0 Å². The molecule has 0 spiro atoms. The van der Waals surface area contributed by atoms with E-state index < -0.39 is 6.61 Å². The van der Waals surface area contributed by atoms with Gasteiger partial charge in [-0.05, 0) is 70.1 Å². The van der Waals surface area contributed by atoms with E-state index in [0.29, 0.717) is 11.1 Å². The molecule has 0 aliphatic heterocycles. The molecule has 4 rings (SSSR count). The normalized spacial score (nSPS) is 11.1. The average Bonchev–Trinajstić information content (AvgIpc) is 2.77. The predicted molar refractivity (Wildman–Crippen MR) is 120 cm³/mol. The zero-order valence-electron chi connectivity index (χ0n) is 16.8. The first-order chi connectivity index (χ1) is 15.0. The first kappa shape index (κ1) is 20.7. The van der Waals surface area contributed by atoms with Gasteiger partial charge in [0.25, 0.3) is 0 Å². The molecule has 4 aromatic carbocycles. The molecule has 0 saturated carbocycles. The van der Waals surface area contributed by atoms with Gasteiger partial charge in [-0.2, -0.15) is 8.78 Å². The molecule has 0 unspecified atom stereocenters. The third-order valence-corrected chi connectivity index (χ3v) is 5.23. The van der Waals surface area contributed by atoms with E-state index in [1.807, 2.05) is 18.2 Å². The van der Waals surface area contributed by atoms with Crippen LogP contribution in [-0.2, 0) is 6.42 Å². The lowest BCUT2D eigenvalue weighted by Crippen LogP contribution is -2.01.